The van der Waals surface area contributed by atoms with Crippen LogP contribution in [0.5, 0.6) is 0 Å². The third kappa shape index (κ3) is 3.03. The van der Waals surface area contributed by atoms with Crippen molar-refractivity contribution in [3.63, 3.8) is 0 Å². The first-order valence-corrected chi connectivity index (χ1v) is 6.04. The second-order valence-corrected chi connectivity index (χ2v) is 4.23. The zero-order chi connectivity index (χ0) is 14.5. The highest BCUT2D eigenvalue weighted by atomic mass is 16.5. The standard InChI is InChI=1S/C14H15N3O3/c1-17-8-7-15-12(17)13(18)16-9-10-3-5-11(6-4-10)14(19)20-2/h3-8H,9H2,1-2H3,(H,16,18). The lowest BCUT2D eigenvalue weighted by molar-refractivity contribution is 0.0600. The van der Waals surface area contributed by atoms with Crippen molar-refractivity contribution in [1.29, 1.82) is 0 Å². The van der Waals surface area contributed by atoms with E-state index in [1.54, 1.807) is 48.3 Å². The van der Waals surface area contributed by atoms with Crippen molar-refractivity contribution < 1.29 is 14.3 Å². The normalized spacial score (nSPS) is 10.1. The van der Waals surface area contributed by atoms with E-state index < -0.39 is 0 Å². The summed E-state index contributed by atoms with van der Waals surface area (Å²) >= 11 is 0. The highest BCUT2D eigenvalue weighted by molar-refractivity contribution is 5.91. The van der Waals surface area contributed by atoms with Crippen LogP contribution in [0.1, 0.15) is 26.5 Å². The van der Waals surface area contributed by atoms with Gasteiger partial charge in [0.15, 0.2) is 5.82 Å². The molecule has 6 heteroatoms. The van der Waals surface area contributed by atoms with Crippen LogP contribution in [0.25, 0.3) is 0 Å². The van der Waals surface area contributed by atoms with Crippen LogP contribution in [-0.4, -0.2) is 28.5 Å². The summed E-state index contributed by atoms with van der Waals surface area (Å²) in [5.41, 5.74) is 1.37. The fraction of sp³-hybridized carbons (Fsp3) is 0.214. The molecule has 1 heterocycles. The van der Waals surface area contributed by atoms with Crippen LogP contribution in [0.3, 0.4) is 0 Å². The summed E-state index contributed by atoms with van der Waals surface area (Å²) < 4.78 is 6.27. The molecule has 0 radical (unpaired) electrons. The summed E-state index contributed by atoms with van der Waals surface area (Å²) in [6.45, 7) is 0.368. The molecule has 0 unspecified atom stereocenters. The largest absolute Gasteiger partial charge is 0.465 e. The molecule has 0 saturated heterocycles. The number of carbonyl (C=O) groups is 2. The van der Waals surface area contributed by atoms with Gasteiger partial charge in [0.2, 0.25) is 0 Å². The van der Waals surface area contributed by atoms with Gasteiger partial charge in [-0.05, 0) is 17.7 Å². The van der Waals surface area contributed by atoms with E-state index in [0.717, 1.165) is 5.56 Å². The molecule has 20 heavy (non-hydrogen) atoms. The molecule has 1 N–H and O–H groups in total. The molecule has 6 nitrogen and oxygen atoms in total. The number of carbonyl (C=O) groups excluding carboxylic acids is 2. The van der Waals surface area contributed by atoms with Gasteiger partial charge in [0.05, 0.1) is 12.7 Å². The van der Waals surface area contributed by atoms with Gasteiger partial charge >= 0.3 is 5.97 Å². The fourth-order valence-corrected chi connectivity index (χ4v) is 1.72. The van der Waals surface area contributed by atoms with E-state index in [1.807, 2.05) is 0 Å². The van der Waals surface area contributed by atoms with Gasteiger partial charge in [0.1, 0.15) is 0 Å². The Morgan fingerprint density at radius 3 is 2.55 bits per heavy atom. The third-order valence-corrected chi connectivity index (χ3v) is 2.85. The molecule has 0 aliphatic carbocycles. The van der Waals surface area contributed by atoms with Gasteiger partial charge in [0, 0.05) is 26.0 Å². The molecule has 0 spiro atoms. The predicted molar refractivity (Wildman–Crippen MR) is 72.2 cm³/mol. The quantitative estimate of drug-likeness (QED) is 0.848. The zero-order valence-electron chi connectivity index (χ0n) is 11.3. The molecule has 104 valence electrons. The average molecular weight is 273 g/mol. The molecule has 0 aliphatic rings. The maximum absolute atomic E-state index is 11.9. The molecule has 0 fully saturated rings. The Bertz CT molecular complexity index is 617. The first-order valence-electron chi connectivity index (χ1n) is 6.04. The number of aryl methyl sites for hydroxylation is 1. The second-order valence-electron chi connectivity index (χ2n) is 4.23. The lowest BCUT2D eigenvalue weighted by atomic mass is 10.1. The maximum Gasteiger partial charge on any atom is 0.337 e. The minimum absolute atomic E-state index is 0.241. The van der Waals surface area contributed by atoms with E-state index in [2.05, 4.69) is 15.0 Å². The van der Waals surface area contributed by atoms with Crippen molar-refractivity contribution >= 4 is 11.9 Å². The van der Waals surface area contributed by atoms with Gasteiger partial charge in [-0.25, -0.2) is 9.78 Å². The van der Waals surface area contributed by atoms with Crippen molar-refractivity contribution in [3.05, 3.63) is 53.6 Å². The summed E-state index contributed by atoms with van der Waals surface area (Å²) in [4.78, 5) is 27.1. The van der Waals surface area contributed by atoms with Crippen LogP contribution in [0.4, 0.5) is 0 Å². The van der Waals surface area contributed by atoms with Crippen LogP contribution >= 0.6 is 0 Å². The van der Waals surface area contributed by atoms with E-state index >= 15 is 0 Å². The van der Waals surface area contributed by atoms with Crippen LogP contribution in [-0.2, 0) is 18.3 Å². The number of ether oxygens (including phenoxy) is 1. The number of aromatic nitrogens is 2. The summed E-state index contributed by atoms with van der Waals surface area (Å²) in [7, 11) is 3.09. The lowest BCUT2D eigenvalue weighted by Gasteiger charge is -2.06. The summed E-state index contributed by atoms with van der Waals surface area (Å²) in [6, 6.07) is 6.86. The van der Waals surface area contributed by atoms with Gasteiger partial charge in [0.25, 0.3) is 5.91 Å². The molecule has 1 aromatic carbocycles. The molecule has 2 aromatic rings. The zero-order valence-corrected chi connectivity index (χ0v) is 11.3. The smallest absolute Gasteiger partial charge is 0.337 e. The monoisotopic (exact) mass is 273 g/mol. The first-order chi connectivity index (χ1) is 9.61. The van der Waals surface area contributed by atoms with E-state index in [0.29, 0.717) is 17.9 Å². The average Bonchev–Trinajstić information content (AvgIpc) is 2.90. The summed E-state index contributed by atoms with van der Waals surface area (Å²) in [5.74, 6) is -0.265. The molecule has 0 bridgehead atoms. The molecule has 1 amide bonds. The van der Waals surface area contributed by atoms with Gasteiger partial charge in [-0.2, -0.15) is 0 Å². The number of nitrogens with one attached hydrogen (secondary N) is 1. The van der Waals surface area contributed by atoms with E-state index in [9.17, 15) is 9.59 Å². The van der Waals surface area contributed by atoms with E-state index in [1.165, 1.54) is 7.11 Å². The highest BCUT2D eigenvalue weighted by Crippen LogP contribution is 2.06. The molecule has 1 aromatic heterocycles. The van der Waals surface area contributed by atoms with Gasteiger partial charge in [-0.1, -0.05) is 12.1 Å². The topological polar surface area (TPSA) is 73.2 Å². The Kier molecular flexibility index (Phi) is 4.14. The van der Waals surface area contributed by atoms with Crippen LogP contribution < -0.4 is 5.32 Å². The Morgan fingerprint density at radius 2 is 2.00 bits per heavy atom. The van der Waals surface area contributed by atoms with Crippen LogP contribution in [0, 0.1) is 0 Å². The molecular formula is C14H15N3O3. The number of rotatable bonds is 4. The van der Waals surface area contributed by atoms with Crippen molar-refractivity contribution in [2.45, 2.75) is 6.54 Å². The number of nitrogens with zero attached hydrogens (tertiary/aromatic N) is 2. The van der Waals surface area contributed by atoms with Crippen LogP contribution in [0.15, 0.2) is 36.7 Å². The Labute approximate surface area is 116 Å². The van der Waals surface area contributed by atoms with Crippen molar-refractivity contribution in [2.24, 2.45) is 7.05 Å². The SMILES string of the molecule is COC(=O)c1ccc(CNC(=O)c2nccn2C)cc1. The molecular weight excluding hydrogens is 258 g/mol. The number of esters is 1. The fourth-order valence-electron chi connectivity index (χ4n) is 1.72. The number of hydrogen-bond donors (Lipinski definition) is 1. The minimum Gasteiger partial charge on any atom is -0.465 e. The number of imidazole rings is 1. The van der Waals surface area contributed by atoms with Gasteiger partial charge in [-0.15, -0.1) is 0 Å². The first kappa shape index (κ1) is 13.8. The molecule has 0 atom stereocenters. The summed E-state index contributed by atoms with van der Waals surface area (Å²) in [5, 5.41) is 2.77. The van der Waals surface area contributed by atoms with Crippen molar-refractivity contribution in [3.8, 4) is 0 Å². The minimum atomic E-state index is -0.381. The Balaban J connectivity index is 1.96. The van der Waals surface area contributed by atoms with E-state index in [4.69, 9.17) is 0 Å². The predicted octanol–water partition coefficient (Wildman–Crippen LogP) is 1.14. The van der Waals surface area contributed by atoms with E-state index in [-0.39, 0.29) is 11.9 Å². The van der Waals surface area contributed by atoms with Crippen molar-refractivity contribution in [1.82, 2.24) is 14.9 Å². The maximum atomic E-state index is 11.9. The third-order valence-electron chi connectivity index (χ3n) is 2.85. The number of methoxy groups -OCH3 is 1. The number of hydrogen-bond acceptors (Lipinski definition) is 4. The summed E-state index contributed by atoms with van der Waals surface area (Å²) in [6.07, 6.45) is 3.28. The lowest BCUT2D eigenvalue weighted by Crippen LogP contribution is -2.25. The second kappa shape index (κ2) is 6.01. The molecule has 0 aliphatic heterocycles. The molecule has 2 rings (SSSR count). The molecule has 0 saturated carbocycles. The highest BCUT2D eigenvalue weighted by Gasteiger charge is 2.10. The number of amides is 1. The van der Waals surface area contributed by atoms with Crippen molar-refractivity contribution in [2.75, 3.05) is 7.11 Å². The van der Waals surface area contributed by atoms with Gasteiger partial charge < -0.3 is 14.6 Å². The van der Waals surface area contributed by atoms with Crippen LogP contribution in [0.2, 0.25) is 0 Å². The number of benzene rings is 1. The Morgan fingerprint density at radius 1 is 1.30 bits per heavy atom. The Hall–Kier alpha value is -2.63. The van der Waals surface area contributed by atoms with Gasteiger partial charge in [-0.3, -0.25) is 4.79 Å².